The van der Waals surface area contributed by atoms with E-state index in [1.807, 2.05) is 0 Å². The van der Waals surface area contributed by atoms with Gasteiger partial charge in [0.1, 0.15) is 0 Å². The highest BCUT2D eigenvalue weighted by Gasteiger charge is 2.48. The molecule has 298 valence electrons. The van der Waals surface area contributed by atoms with Gasteiger partial charge in [-0.25, -0.2) is 0 Å². The van der Waals surface area contributed by atoms with Crippen molar-refractivity contribution in [3.05, 3.63) is 237 Å². The second kappa shape index (κ2) is 13.4. The molecule has 0 spiro atoms. The summed E-state index contributed by atoms with van der Waals surface area (Å²) < 4.78 is 7.38. The Balaban J connectivity index is 1.11. The molecule has 4 heterocycles. The lowest BCUT2D eigenvalue weighted by molar-refractivity contribution is 1.16. The molecular weight excluding hydrogens is 791 g/mol. The van der Waals surface area contributed by atoms with Crippen molar-refractivity contribution in [1.29, 1.82) is 0 Å². The van der Waals surface area contributed by atoms with Crippen molar-refractivity contribution in [2.75, 3.05) is 0 Å². The van der Waals surface area contributed by atoms with Crippen LogP contribution in [-0.2, 0) is 0 Å². The van der Waals surface area contributed by atoms with Crippen LogP contribution in [0.25, 0.3) is 93.6 Å². The Hall–Kier alpha value is -8.18. The van der Waals surface area contributed by atoms with E-state index < -0.39 is 8.07 Å². The SMILES string of the molecule is c1ccc(-n2c3ccc(-n4c5ccccc5c5ccccc54)cc3c3cc4c5cc([Si]6(c7ccccc7)c7ccccc7-c7ccccc76)ccc5n(-c5ccccc5)c4cc32)cc1. The Labute approximate surface area is 370 Å². The Kier molecular flexibility index (Phi) is 7.42. The molecule has 0 saturated heterocycles. The maximum absolute atomic E-state index is 2.74. The van der Waals surface area contributed by atoms with Gasteiger partial charge in [-0.05, 0) is 105 Å². The summed E-state index contributed by atoms with van der Waals surface area (Å²) >= 11 is 0. The van der Waals surface area contributed by atoms with E-state index in [0.29, 0.717) is 0 Å². The van der Waals surface area contributed by atoms with E-state index in [0.717, 1.165) is 17.1 Å². The number of fused-ring (bicyclic) bond motifs is 12. The first-order valence-corrected chi connectivity index (χ1v) is 24.2. The lowest BCUT2D eigenvalue weighted by atomic mass is 10.1. The van der Waals surface area contributed by atoms with Crippen molar-refractivity contribution in [3.63, 3.8) is 0 Å². The molecule has 0 fully saturated rings. The molecule has 0 saturated carbocycles. The zero-order valence-electron chi connectivity index (χ0n) is 34.9. The first-order valence-electron chi connectivity index (χ1n) is 22.2. The monoisotopic (exact) mass is 829 g/mol. The summed E-state index contributed by atoms with van der Waals surface area (Å²) in [7, 11) is -2.74. The van der Waals surface area contributed by atoms with Crippen LogP contribution in [-0.4, -0.2) is 21.8 Å². The fraction of sp³-hybridized carbons (Fsp3) is 0. The number of hydrogen-bond donors (Lipinski definition) is 0. The van der Waals surface area contributed by atoms with Gasteiger partial charge >= 0.3 is 0 Å². The normalized spacial score (nSPS) is 13.1. The Bertz CT molecular complexity index is 3910. The van der Waals surface area contributed by atoms with Crippen molar-refractivity contribution in [2.45, 2.75) is 0 Å². The summed E-state index contributed by atoms with van der Waals surface area (Å²) in [6, 6.07) is 88.5. The second-order valence-electron chi connectivity index (χ2n) is 17.2. The highest BCUT2D eigenvalue weighted by molar-refractivity contribution is 7.22. The molecular formula is C60H39N3Si. The average molecular weight is 830 g/mol. The van der Waals surface area contributed by atoms with Crippen LogP contribution < -0.4 is 20.7 Å². The van der Waals surface area contributed by atoms with Gasteiger partial charge in [-0.2, -0.15) is 0 Å². The second-order valence-corrected chi connectivity index (χ2v) is 21.0. The zero-order chi connectivity index (χ0) is 41.9. The molecule has 10 aromatic carbocycles. The lowest BCUT2D eigenvalue weighted by Gasteiger charge is -2.31. The molecule has 4 heteroatoms. The zero-order valence-corrected chi connectivity index (χ0v) is 35.9. The first kappa shape index (κ1) is 35.4. The van der Waals surface area contributed by atoms with Gasteiger partial charge < -0.3 is 13.7 Å². The van der Waals surface area contributed by atoms with Gasteiger partial charge in [-0.1, -0.05) is 164 Å². The number of nitrogens with zero attached hydrogens (tertiary/aromatic N) is 3. The van der Waals surface area contributed by atoms with E-state index in [4.69, 9.17) is 0 Å². The van der Waals surface area contributed by atoms with Crippen LogP contribution in [0.15, 0.2) is 237 Å². The predicted molar refractivity (Wildman–Crippen MR) is 272 cm³/mol. The molecule has 13 aromatic rings. The summed E-state index contributed by atoms with van der Waals surface area (Å²) in [6.45, 7) is 0. The van der Waals surface area contributed by atoms with Gasteiger partial charge in [0.25, 0.3) is 0 Å². The van der Waals surface area contributed by atoms with Crippen LogP contribution >= 0.6 is 0 Å². The molecule has 14 rings (SSSR count). The Morgan fingerprint density at radius 3 is 1.23 bits per heavy atom. The standard InChI is InChI=1S/C60H39N3Si/c1-4-18-40(19-5-1)61-55-34-32-42(63-53-28-14-10-24-45(53)46-25-11-15-29-54(46)63)36-49(55)51-38-52-50-37-44(33-35-56(50)62(58(52)39-57(51)61)41-20-6-2-7-21-41)64(43-22-8-3-9-23-43)59-30-16-12-26-47(59)48-27-13-17-31-60(48)64/h1-39H. The predicted octanol–water partition coefficient (Wildman–Crippen LogP) is 12.3. The number of benzene rings is 10. The van der Waals surface area contributed by atoms with Gasteiger partial charge in [-0.3, -0.25) is 0 Å². The third-order valence-electron chi connectivity index (χ3n) is 14.1. The van der Waals surface area contributed by atoms with Crippen molar-refractivity contribution in [1.82, 2.24) is 13.7 Å². The van der Waals surface area contributed by atoms with Gasteiger partial charge in [0.2, 0.25) is 0 Å². The van der Waals surface area contributed by atoms with E-state index in [-0.39, 0.29) is 0 Å². The van der Waals surface area contributed by atoms with Crippen LogP contribution in [0.4, 0.5) is 0 Å². The lowest BCUT2D eigenvalue weighted by Crippen LogP contribution is -2.72. The summed E-state index contributed by atoms with van der Waals surface area (Å²) in [5.74, 6) is 0. The molecule has 0 atom stereocenters. The van der Waals surface area contributed by atoms with E-state index in [1.165, 1.54) is 97.3 Å². The fourth-order valence-corrected chi connectivity index (χ4v) is 16.7. The quantitative estimate of drug-likeness (QED) is 0.154. The highest BCUT2D eigenvalue weighted by atomic mass is 28.3. The number of para-hydroxylation sites is 4. The third kappa shape index (κ3) is 4.75. The summed E-state index contributed by atoms with van der Waals surface area (Å²) in [5.41, 5.74) is 13.3. The van der Waals surface area contributed by atoms with Crippen LogP contribution in [0.1, 0.15) is 0 Å². The van der Waals surface area contributed by atoms with Gasteiger partial charge in [0, 0.05) is 49.4 Å². The first-order chi connectivity index (χ1) is 31.8. The minimum absolute atomic E-state index is 1.14. The number of aromatic nitrogens is 3. The summed E-state index contributed by atoms with van der Waals surface area (Å²) in [4.78, 5) is 0. The topological polar surface area (TPSA) is 14.8 Å². The van der Waals surface area contributed by atoms with Gasteiger partial charge in [0.05, 0.1) is 33.1 Å². The molecule has 1 aliphatic heterocycles. The third-order valence-corrected chi connectivity index (χ3v) is 19.0. The van der Waals surface area contributed by atoms with Crippen molar-refractivity contribution in [3.8, 4) is 28.2 Å². The average Bonchev–Trinajstić information content (AvgIpc) is 4.07. The molecule has 3 aromatic heterocycles. The van der Waals surface area contributed by atoms with E-state index in [9.17, 15) is 0 Å². The minimum atomic E-state index is -2.74. The molecule has 0 N–H and O–H groups in total. The summed E-state index contributed by atoms with van der Waals surface area (Å²) in [6.07, 6.45) is 0. The highest BCUT2D eigenvalue weighted by Crippen LogP contribution is 2.42. The van der Waals surface area contributed by atoms with Crippen LogP contribution in [0.3, 0.4) is 0 Å². The van der Waals surface area contributed by atoms with Crippen molar-refractivity contribution < 1.29 is 0 Å². The largest absolute Gasteiger partial charge is 0.309 e. The number of rotatable bonds is 5. The molecule has 0 bridgehead atoms. The van der Waals surface area contributed by atoms with Crippen LogP contribution in [0.2, 0.25) is 0 Å². The van der Waals surface area contributed by atoms with Gasteiger partial charge in [-0.15, -0.1) is 0 Å². The Morgan fingerprint density at radius 2 is 0.656 bits per heavy atom. The summed E-state index contributed by atoms with van der Waals surface area (Å²) in [5, 5.41) is 13.2. The van der Waals surface area contributed by atoms with Crippen molar-refractivity contribution in [2.24, 2.45) is 0 Å². The maximum atomic E-state index is 2.57. The molecule has 64 heavy (non-hydrogen) atoms. The van der Waals surface area contributed by atoms with E-state index in [1.54, 1.807) is 0 Å². The maximum Gasteiger partial charge on any atom is 0.180 e. The molecule has 0 unspecified atom stereocenters. The molecule has 3 nitrogen and oxygen atoms in total. The smallest absolute Gasteiger partial charge is 0.180 e. The fourth-order valence-electron chi connectivity index (χ4n) is 11.5. The van der Waals surface area contributed by atoms with Crippen molar-refractivity contribution >= 4 is 94.2 Å². The molecule has 1 aliphatic rings. The molecule has 0 aliphatic carbocycles. The van der Waals surface area contributed by atoms with E-state index in [2.05, 4.69) is 250 Å². The molecule has 0 amide bonds. The van der Waals surface area contributed by atoms with Crippen LogP contribution in [0.5, 0.6) is 0 Å². The molecule has 0 radical (unpaired) electrons. The van der Waals surface area contributed by atoms with Gasteiger partial charge in [0.15, 0.2) is 8.07 Å². The van der Waals surface area contributed by atoms with Crippen LogP contribution in [0, 0.1) is 0 Å². The Morgan fingerprint density at radius 1 is 0.234 bits per heavy atom. The van der Waals surface area contributed by atoms with E-state index >= 15 is 0 Å². The number of hydrogen-bond acceptors (Lipinski definition) is 0. The minimum Gasteiger partial charge on any atom is -0.309 e.